The van der Waals surface area contributed by atoms with Crippen LogP contribution in [0, 0.1) is 11.8 Å². The number of ketones is 1. The van der Waals surface area contributed by atoms with Crippen molar-refractivity contribution in [2.45, 2.75) is 78.4 Å². The maximum absolute atomic E-state index is 12.1. The highest BCUT2D eigenvalue weighted by Crippen LogP contribution is 2.19. The van der Waals surface area contributed by atoms with Crippen LogP contribution >= 0.6 is 0 Å². The van der Waals surface area contributed by atoms with Crippen LogP contribution in [0.15, 0.2) is 0 Å². The molecule has 0 rings (SSSR count). The topological polar surface area (TPSA) is 57.5 Å². The van der Waals surface area contributed by atoms with Gasteiger partial charge in [-0.05, 0) is 25.7 Å². The van der Waals surface area contributed by atoms with Gasteiger partial charge in [0.1, 0.15) is 5.78 Å². The number of aliphatic hydroxyl groups is 2. The lowest BCUT2D eigenvalue weighted by Crippen LogP contribution is -2.26. The van der Waals surface area contributed by atoms with Gasteiger partial charge in [0.05, 0.1) is 12.2 Å². The number of hydrogen-bond acceptors (Lipinski definition) is 3. The first kappa shape index (κ1) is 17.6. The number of rotatable bonds is 10. The summed E-state index contributed by atoms with van der Waals surface area (Å²) in [6.07, 6.45) is 3.72. The number of carbonyl (C=O) groups excluding carboxylic acids is 1. The fourth-order valence-corrected chi connectivity index (χ4v) is 2.44. The molecule has 0 aliphatic rings. The van der Waals surface area contributed by atoms with Gasteiger partial charge in [-0.1, -0.05) is 40.5 Å². The van der Waals surface area contributed by atoms with Crippen molar-refractivity contribution in [1.29, 1.82) is 0 Å². The molecule has 0 aliphatic carbocycles. The fourth-order valence-electron chi connectivity index (χ4n) is 2.44. The molecule has 0 fully saturated rings. The molecule has 3 heteroatoms. The molecule has 18 heavy (non-hydrogen) atoms. The van der Waals surface area contributed by atoms with Crippen molar-refractivity contribution in [2.75, 3.05) is 0 Å². The molecule has 3 nitrogen and oxygen atoms in total. The predicted octanol–water partition coefficient (Wildman–Crippen LogP) is 2.93. The van der Waals surface area contributed by atoms with Crippen LogP contribution in [0.5, 0.6) is 0 Å². The molecule has 0 saturated heterocycles. The normalized spacial score (nSPS) is 18.1. The molecule has 108 valence electrons. The van der Waals surface area contributed by atoms with Crippen molar-refractivity contribution < 1.29 is 15.0 Å². The van der Waals surface area contributed by atoms with E-state index in [2.05, 4.69) is 0 Å². The predicted molar refractivity (Wildman–Crippen MR) is 74.4 cm³/mol. The number of Topliss-reactive ketones (excluding diaryl/α,β-unsaturated/α-hetero) is 1. The number of hydrogen-bond donors (Lipinski definition) is 2. The van der Waals surface area contributed by atoms with Gasteiger partial charge < -0.3 is 10.2 Å². The summed E-state index contributed by atoms with van der Waals surface area (Å²) in [6.45, 7) is 7.81. The molecule has 0 saturated carbocycles. The molecule has 0 radical (unpaired) electrons. The van der Waals surface area contributed by atoms with E-state index in [9.17, 15) is 15.0 Å². The summed E-state index contributed by atoms with van der Waals surface area (Å²) in [7, 11) is 0. The molecule has 0 aliphatic heterocycles. The van der Waals surface area contributed by atoms with Crippen LogP contribution in [0.2, 0.25) is 0 Å². The maximum Gasteiger partial charge on any atom is 0.138 e. The lowest BCUT2D eigenvalue weighted by molar-refractivity contribution is -0.127. The molecule has 0 amide bonds. The monoisotopic (exact) mass is 258 g/mol. The fraction of sp³-hybridized carbons (Fsp3) is 0.933. The molecule has 0 bridgehead atoms. The van der Waals surface area contributed by atoms with Crippen LogP contribution in [0.25, 0.3) is 0 Å². The highest BCUT2D eigenvalue weighted by atomic mass is 16.3. The maximum atomic E-state index is 12.1. The molecular weight excluding hydrogens is 228 g/mol. The van der Waals surface area contributed by atoms with E-state index in [1.807, 2.05) is 27.7 Å². The summed E-state index contributed by atoms with van der Waals surface area (Å²) in [6, 6.07) is 0. The van der Waals surface area contributed by atoms with Gasteiger partial charge in [-0.2, -0.15) is 0 Å². The lowest BCUT2D eigenvalue weighted by atomic mass is 9.86. The van der Waals surface area contributed by atoms with E-state index in [4.69, 9.17) is 0 Å². The quantitative estimate of drug-likeness (QED) is 0.633. The largest absolute Gasteiger partial charge is 0.393 e. The lowest BCUT2D eigenvalue weighted by Gasteiger charge is -2.20. The van der Waals surface area contributed by atoms with Gasteiger partial charge in [-0.25, -0.2) is 0 Å². The molecular formula is C15H30O3. The van der Waals surface area contributed by atoms with E-state index in [-0.39, 0.29) is 29.8 Å². The Kier molecular flexibility index (Phi) is 9.29. The van der Waals surface area contributed by atoms with Crippen LogP contribution < -0.4 is 0 Å². The third kappa shape index (κ3) is 7.12. The number of carbonyl (C=O) groups is 1. The molecule has 2 N–H and O–H groups in total. The molecule has 0 aromatic heterocycles. The van der Waals surface area contributed by atoms with Crippen LogP contribution in [-0.4, -0.2) is 28.2 Å². The van der Waals surface area contributed by atoms with Crippen LogP contribution in [0.1, 0.15) is 66.2 Å². The van der Waals surface area contributed by atoms with Gasteiger partial charge in [-0.15, -0.1) is 0 Å². The zero-order valence-corrected chi connectivity index (χ0v) is 12.4. The van der Waals surface area contributed by atoms with Gasteiger partial charge in [0.25, 0.3) is 0 Å². The smallest absolute Gasteiger partial charge is 0.138 e. The Morgan fingerprint density at radius 1 is 0.889 bits per heavy atom. The SMILES string of the molecule is CCCC(O)C[C@@H](C)C(=O)[C@H](C)CC(O)CCC. The second-order valence-electron chi connectivity index (χ2n) is 5.56. The van der Waals surface area contributed by atoms with Crippen molar-refractivity contribution in [3.05, 3.63) is 0 Å². The van der Waals surface area contributed by atoms with E-state index in [1.165, 1.54) is 0 Å². The van der Waals surface area contributed by atoms with Gasteiger partial charge in [0.15, 0.2) is 0 Å². The van der Waals surface area contributed by atoms with E-state index in [0.29, 0.717) is 12.8 Å². The Labute approximate surface area is 112 Å². The first-order valence-electron chi connectivity index (χ1n) is 7.32. The molecule has 4 atom stereocenters. The second-order valence-corrected chi connectivity index (χ2v) is 5.56. The Hall–Kier alpha value is -0.410. The summed E-state index contributed by atoms with van der Waals surface area (Å²) in [5, 5.41) is 19.4. The zero-order valence-electron chi connectivity index (χ0n) is 12.4. The molecule has 0 aromatic rings. The second kappa shape index (κ2) is 9.51. The van der Waals surface area contributed by atoms with Crippen molar-refractivity contribution >= 4 is 5.78 Å². The van der Waals surface area contributed by atoms with E-state index >= 15 is 0 Å². The van der Waals surface area contributed by atoms with Crippen molar-refractivity contribution in [3.63, 3.8) is 0 Å². The zero-order chi connectivity index (χ0) is 14.1. The first-order valence-corrected chi connectivity index (χ1v) is 7.32. The molecule has 0 heterocycles. The van der Waals surface area contributed by atoms with E-state index in [0.717, 1.165) is 25.7 Å². The average Bonchev–Trinajstić information content (AvgIpc) is 2.28. The van der Waals surface area contributed by atoms with Crippen molar-refractivity contribution in [1.82, 2.24) is 0 Å². The highest BCUT2D eigenvalue weighted by molar-refractivity contribution is 5.82. The minimum absolute atomic E-state index is 0.115. The molecule has 2 unspecified atom stereocenters. The highest BCUT2D eigenvalue weighted by Gasteiger charge is 2.23. The minimum Gasteiger partial charge on any atom is -0.393 e. The van der Waals surface area contributed by atoms with Crippen molar-refractivity contribution in [3.8, 4) is 0 Å². The summed E-state index contributed by atoms with van der Waals surface area (Å²) < 4.78 is 0. The van der Waals surface area contributed by atoms with E-state index < -0.39 is 0 Å². The third-order valence-corrected chi connectivity index (χ3v) is 3.47. The van der Waals surface area contributed by atoms with Gasteiger partial charge in [-0.3, -0.25) is 4.79 Å². The van der Waals surface area contributed by atoms with Crippen LogP contribution in [0.3, 0.4) is 0 Å². The summed E-state index contributed by atoms with van der Waals surface area (Å²) in [5.41, 5.74) is 0. The summed E-state index contributed by atoms with van der Waals surface area (Å²) in [5.74, 6) is -0.0638. The number of aliphatic hydroxyl groups excluding tert-OH is 2. The van der Waals surface area contributed by atoms with Gasteiger partial charge in [0.2, 0.25) is 0 Å². The summed E-state index contributed by atoms with van der Waals surface area (Å²) in [4.78, 5) is 12.1. The Morgan fingerprint density at radius 3 is 1.50 bits per heavy atom. The minimum atomic E-state index is -0.373. The van der Waals surface area contributed by atoms with Gasteiger partial charge in [0, 0.05) is 11.8 Å². The Morgan fingerprint density at radius 2 is 1.22 bits per heavy atom. The Balaban J connectivity index is 4.11. The van der Waals surface area contributed by atoms with Crippen LogP contribution in [0.4, 0.5) is 0 Å². The molecule has 0 aromatic carbocycles. The summed E-state index contributed by atoms with van der Waals surface area (Å²) >= 11 is 0. The van der Waals surface area contributed by atoms with Gasteiger partial charge >= 0.3 is 0 Å². The van der Waals surface area contributed by atoms with Crippen LogP contribution in [-0.2, 0) is 4.79 Å². The molecule has 0 spiro atoms. The standard InChI is InChI=1S/C15H30O3/c1-5-7-13(16)9-11(3)15(18)12(4)10-14(17)8-6-2/h11-14,16-17H,5-10H2,1-4H3/t11-,12-,13?,14?/m1/s1. The third-order valence-electron chi connectivity index (χ3n) is 3.47. The van der Waals surface area contributed by atoms with E-state index in [1.54, 1.807) is 0 Å². The Bertz CT molecular complexity index is 206. The first-order chi connectivity index (χ1) is 8.42. The average molecular weight is 258 g/mol. The van der Waals surface area contributed by atoms with Crippen molar-refractivity contribution in [2.24, 2.45) is 11.8 Å².